The smallest absolute Gasteiger partial charge is 0.258 e. The molecule has 1 aliphatic heterocycles. The van der Waals surface area contributed by atoms with Gasteiger partial charge in [-0.25, -0.2) is 12.7 Å². The van der Waals surface area contributed by atoms with E-state index in [0.29, 0.717) is 6.42 Å². The molecule has 0 radical (unpaired) electrons. The number of β-amino-alcohol motifs (C(OH)–C–C–N with tert-alkyl or cyclic N) is 1. The lowest BCUT2D eigenvalue weighted by Gasteiger charge is -2.45. The first-order chi connectivity index (χ1) is 7.42. The summed E-state index contributed by atoms with van der Waals surface area (Å²) in [4.78, 5) is 11.7. The summed E-state index contributed by atoms with van der Waals surface area (Å²) in [6, 6.07) is 0. The highest BCUT2D eigenvalue weighted by Gasteiger charge is 2.61. The van der Waals surface area contributed by atoms with E-state index >= 15 is 0 Å². The van der Waals surface area contributed by atoms with Crippen molar-refractivity contribution in [1.29, 1.82) is 0 Å². The Labute approximate surface area is 103 Å². The van der Waals surface area contributed by atoms with Crippen molar-refractivity contribution in [3.8, 4) is 0 Å². The van der Waals surface area contributed by atoms with Crippen molar-refractivity contribution in [2.75, 3.05) is 6.54 Å². The first-order valence-electron chi connectivity index (χ1n) is 5.71. The number of amides is 1. The first kappa shape index (κ1) is 14.4. The lowest BCUT2D eigenvalue weighted by Crippen LogP contribution is -2.69. The minimum absolute atomic E-state index is 0.157. The summed E-state index contributed by atoms with van der Waals surface area (Å²) < 4.78 is 23.1. The Morgan fingerprint density at radius 2 is 1.88 bits per heavy atom. The fourth-order valence-corrected chi connectivity index (χ4v) is 3.81. The molecule has 1 heterocycles. The number of carbonyl (C=O) groups excluding carboxylic acids is 1. The second-order valence-corrected chi connectivity index (χ2v) is 8.33. The van der Waals surface area contributed by atoms with Crippen LogP contribution < -0.4 is 0 Å². The molecule has 0 aromatic heterocycles. The Bertz CT molecular complexity index is 423. The van der Waals surface area contributed by atoms with Gasteiger partial charge in [0.15, 0.2) is 4.75 Å². The van der Waals surface area contributed by atoms with Crippen molar-refractivity contribution in [2.45, 2.75) is 51.4 Å². The molecule has 0 aromatic rings. The minimum Gasteiger partial charge on any atom is -0.388 e. The molecule has 1 fully saturated rings. The molecule has 1 aliphatic rings. The summed E-state index contributed by atoms with van der Waals surface area (Å²) in [6.45, 7) is 8.04. The third-order valence-electron chi connectivity index (χ3n) is 3.01. The van der Waals surface area contributed by atoms with Crippen LogP contribution in [-0.2, 0) is 14.8 Å². The maximum atomic E-state index is 11.8. The van der Waals surface area contributed by atoms with Crippen LogP contribution in [0.5, 0.6) is 0 Å². The highest BCUT2D eigenvalue weighted by atomic mass is 32.2. The SMILES string of the molecule is CC(C)CC(C)(O)CN1C(=O)C(C)(C)S1(=O)=O. The standard InChI is InChI=1S/C11H21NO4S/c1-8(2)6-11(5,14)7-12-9(13)10(3,4)17(12,15)16/h8,14H,6-7H2,1-5H3. The van der Waals surface area contributed by atoms with Gasteiger partial charge in [-0.2, -0.15) is 0 Å². The average molecular weight is 263 g/mol. The van der Waals surface area contributed by atoms with Crippen LogP contribution in [0.15, 0.2) is 0 Å². The van der Waals surface area contributed by atoms with Crippen LogP contribution in [0.25, 0.3) is 0 Å². The zero-order valence-electron chi connectivity index (χ0n) is 11.0. The molecular weight excluding hydrogens is 242 g/mol. The Morgan fingerprint density at radius 1 is 1.41 bits per heavy atom. The molecule has 1 atom stereocenters. The fourth-order valence-electron chi connectivity index (χ4n) is 2.17. The molecule has 0 spiro atoms. The van der Waals surface area contributed by atoms with Gasteiger partial charge in [-0.15, -0.1) is 0 Å². The van der Waals surface area contributed by atoms with E-state index in [1.54, 1.807) is 6.92 Å². The van der Waals surface area contributed by atoms with Crippen LogP contribution in [-0.4, -0.2) is 40.6 Å². The van der Waals surface area contributed by atoms with Gasteiger partial charge in [0.05, 0.1) is 12.1 Å². The van der Waals surface area contributed by atoms with Crippen LogP contribution in [0.2, 0.25) is 0 Å². The number of carbonyl (C=O) groups is 1. The van der Waals surface area contributed by atoms with Crippen molar-refractivity contribution >= 4 is 15.9 Å². The number of nitrogens with zero attached hydrogens (tertiary/aromatic N) is 1. The molecule has 0 aromatic carbocycles. The summed E-state index contributed by atoms with van der Waals surface area (Å²) in [5.74, 6) is -0.210. The molecule has 0 aliphatic carbocycles. The molecule has 100 valence electrons. The molecule has 0 saturated carbocycles. The summed E-state index contributed by atoms with van der Waals surface area (Å²) in [5, 5.41) is 10.1. The zero-order chi connectivity index (χ0) is 13.6. The molecule has 1 amide bonds. The number of hydrogen-bond donors (Lipinski definition) is 1. The van der Waals surface area contributed by atoms with Crippen LogP contribution in [0.1, 0.15) is 41.0 Å². The van der Waals surface area contributed by atoms with Gasteiger partial charge in [-0.05, 0) is 33.1 Å². The molecular formula is C11H21NO4S. The van der Waals surface area contributed by atoms with Crippen molar-refractivity contribution in [3.63, 3.8) is 0 Å². The fraction of sp³-hybridized carbons (Fsp3) is 0.909. The van der Waals surface area contributed by atoms with E-state index in [1.807, 2.05) is 13.8 Å². The van der Waals surface area contributed by atoms with Gasteiger partial charge in [0.25, 0.3) is 15.9 Å². The predicted molar refractivity (Wildman–Crippen MR) is 64.8 cm³/mol. The third kappa shape index (κ3) is 2.33. The van der Waals surface area contributed by atoms with Gasteiger partial charge >= 0.3 is 0 Å². The van der Waals surface area contributed by atoms with Crippen LogP contribution >= 0.6 is 0 Å². The Balaban J connectivity index is 2.83. The van der Waals surface area contributed by atoms with E-state index in [4.69, 9.17) is 0 Å². The summed E-state index contributed by atoms with van der Waals surface area (Å²) in [6.07, 6.45) is 0.451. The third-order valence-corrected chi connectivity index (χ3v) is 5.35. The second-order valence-electron chi connectivity index (χ2n) is 5.92. The van der Waals surface area contributed by atoms with Gasteiger partial charge in [-0.3, -0.25) is 4.79 Å². The lowest BCUT2D eigenvalue weighted by molar-refractivity contribution is -0.135. The number of rotatable bonds is 4. The average Bonchev–Trinajstić information content (AvgIpc) is 2.10. The molecule has 17 heavy (non-hydrogen) atoms. The highest BCUT2D eigenvalue weighted by molar-refractivity contribution is 7.94. The Hall–Kier alpha value is -0.620. The van der Waals surface area contributed by atoms with E-state index in [1.165, 1.54) is 13.8 Å². The molecule has 1 unspecified atom stereocenters. The lowest BCUT2D eigenvalue weighted by atomic mass is 9.94. The predicted octanol–water partition coefficient (Wildman–Crippen LogP) is 0.734. The number of hydrogen-bond acceptors (Lipinski definition) is 4. The normalized spacial score (nSPS) is 25.6. The molecule has 0 bridgehead atoms. The number of aliphatic hydroxyl groups is 1. The molecule has 5 nitrogen and oxygen atoms in total. The van der Waals surface area contributed by atoms with E-state index in [2.05, 4.69) is 0 Å². The van der Waals surface area contributed by atoms with Gasteiger partial charge < -0.3 is 5.11 Å². The van der Waals surface area contributed by atoms with Crippen molar-refractivity contribution in [3.05, 3.63) is 0 Å². The van der Waals surface area contributed by atoms with Crippen molar-refractivity contribution in [1.82, 2.24) is 4.31 Å². The van der Waals surface area contributed by atoms with Crippen LogP contribution in [0, 0.1) is 5.92 Å². The maximum Gasteiger partial charge on any atom is 0.258 e. The summed E-state index contributed by atoms with van der Waals surface area (Å²) >= 11 is 0. The molecule has 1 rings (SSSR count). The van der Waals surface area contributed by atoms with Crippen LogP contribution in [0.4, 0.5) is 0 Å². The van der Waals surface area contributed by atoms with Crippen LogP contribution in [0.3, 0.4) is 0 Å². The quantitative estimate of drug-likeness (QED) is 0.811. The Kier molecular flexibility index (Phi) is 3.35. The van der Waals surface area contributed by atoms with Gasteiger partial charge in [0.2, 0.25) is 0 Å². The van der Waals surface area contributed by atoms with Gasteiger partial charge in [0, 0.05) is 0 Å². The van der Waals surface area contributed by atoms with Gasteiger partial charge in [-0.1, -0.05) is 13.8 Å². The molecule has 6 heteroatoms. The van der Waals surface area contributed by atoms with E-state index in [-0.39, 0.29) is 12.5 Å². The summed E-state index contributed by atoms with van der Waals surface area (Å²) in [5.41, 5.74) is -1.17. The zero-order valence-corrected chi connectivity index (χ0v) is 11.8. The molecule has 1 saturated heterocycles. The first-order valence-corrected chi connectivity index (χ1v) is 7.15. The number of sulfonamides is 1. The van der Waals surface area contributed by atoms with Crippen molar-refractivity contribution < 1.29 is 18.3 Å². The monoisotopic (exact) mass is 263 g/mol. The molecule has 1 N–H and O–H groups in total. The maximum absolute atomic E-state index is 11.8. The minimum atomic E-state index is -3.59. The Morgan fingerprint density at radius 3 is 2.24 bits per heavy atom. The van der Waals surface area contributed by atoms with E-state index < -0.39 is 26.3 Å². The topological polar surface area (TPSA) is 74.7 Å². The van der Waals surface area contributed by atoms with E-state index in [9.17, 15) is 18.3 Å². The van der Waals surface area contributed by atoms with Gasteiger partial charge in [0.1, 0.15) is 0 Å². The largest absolute Gasteiger partial charge is 0.388 e. The summed E-state index contributed by atoms with van der Waals surface area (Å²) in [7, 11) is -3.59. The highest BCUT2D eigenvalue weighted by Crippen LogP contribution is 2.36. The van der Waals surface area contributed by atoms with E-state index in [0.717, 1.165) is 4.31 Å². The second kappa shape index (κ2) is 3.95. The van der Waals surface area contributed by atoms with Crippen molar-refractivity contribution in [2.24, 2.45) is 5.92 Å².